The lowest BCUT2D eigenvalue weighted by Crippen LogP contribution is -2.27. The molecule has 2 heteroatoms. The maximum Gasteiger partial charge on any atom is 0.0247 e. The van der Waals surface area contributed by atoms with Gasteiger partial charge >= 0.3 is 0 Å². The fourth-order valence-electron chi connectivity index (χ4n) is 2.29. The third-order valence-corrected chi connectivity index (χ3v) is 2.93. The first-order valence-corrected chi connectivity index (χ1v) is 5.21. The second-order valence-corrected chi connectivity index (χ2v) is 4.35. The van der Waals surface area contributed by atoms with Gasteiger partial charge in [-0.2, -0.15) is 0 Å². The van der Waals surface area contributed by atoms with Crippen LogP contribution in [0.15, 0.2) is 18.2 Å². The summed E-state index contributed by atoms with van der Waals surface area (Å²) in [4.78, 5) is 0. The number of hydrogen-bond acceptors (Lipinski definition) is 2. The van der Waals surface area contributed by atoms with Gasteiger partial charge in [0.05, 0.1) is 0 Å². The van der Waals surface area contributed by atoms with Crippen LogP contribution >= 0.6 is 0 Å². The SMILES string of the molecule is Cc1cc(C)cc(C2CNCC2N)c1. The van der Waals surface area contributed by atoms with Crippen LogP contribution in [0, 0.1) is 13.8 Å². The molecule has 0 bridgehead atoms. The lowest BCUT2D eigenvalue weighted by Gasteiger charge is -2.15. The average Bonchev–Trinajstić information content (AvgIpc) is 2.49. The van der Waals surface area contributed by atoms with Gasteiger partial charge in [0, 0.05) is 25.0 Å². The van der Waals surface area contributed by atoms with Gasteiger partial charge in [-0.25, -0.2) is 0 Å². The quantitative estimate of drug-likeness (QED) is 0.701. The molecule has 1 aliphatic heterocycles. The zero-order valence-corrected chi connectivity index (χ0v) is 8.88. The zero-order valence-electron chi connectivity index (χ0n) is 8.88. The van der Waals surface area contributed by atoms with Gasteiger partial charge < -0.3 is 11.1 Å². The second-order valence-electron chi connectivity index (χ2n) is 4.35. The number of hydrogen-bond donors (Lipinski definition) is 2. The largest absolute Gasteiger partial charge is 0.326 e. The van der Waals surface area contributed by atoms with Crippen LogP contribution in [0.3, 0.4) is 0 Å². The van der Waals surface area contributed by atoms with E-state index in [4.69, 9.17) is 5.73 Å². The highest BCUT2D eigenvalue weighted by Crippen LogP contribution is 2.23. The molecule has 1 fully saturated rings. The predicted octanol–water partition coefficient (Wildman–Crippen LogP) is 1.32. The van der Waals surface area contributed by atoms with Crippen molar-refractivity contribution in [1.29, 1.82) is 0 Å². The van der Waals surface area contributed by atoms with Gasteiger partial charge in [0.1, 0.15) is 0 Å². The Bertz CT molecular complexity index is 313. The highest BCUT2D eigenvalue weighted by atomic mass is 15.0. The molecule has 0 amide bonds. The van der Waals surface area contributed by atoms with Crippen molar-refractivity contribution in [3.8, 4) is 0 Å². The minimum absolute atomic E-state index is 0.274. The van der Waals surface area contributed by atoms with Crippen molar-refractivity contribution < 1.29 is 0 Å². The summed E-state index contributed by atoms with van der Waals surface area (Å²) >= 11 is 0. The third-order valence-electron chi connectivity index (χ3n) is 2.93. The molecule has 1 heterocycles. The van der Waals surface area contributed by atoms with Crippen LogP contribution in [0.4, 0.5) is 0 Å². The molecule has 0 aliphatic carbocycles. The first-order chi connectivity index (χ1) is 6.66. The number of aryl methyl sites for hydroxylation is 2. The molecule has 1 aromatic carbocycles. The maximum absolute atomic E-state index is 6.05. The standard InChI is InChI=1S/C12H18N2/c1-8-3-9(2)5-10(4-8)11-6-14-7-12(11)13/h3-5,11-12,14H,6-7,13H2,1-2H3. The van der Waals surface area contributed by atoms with Crippen LogP contribution in [0.1, 0.15) is 22.6 Å². The van der Waals surface area contributed by atoms with Crippen molar-refractivity contribution >= 4 is 0 Å². The van der Waals surface area contributed by atoms with E-state index in [-0.39, 0.29) is 6.04 Å². The zero-order chi connectivity index (χ0) is 10.1. The van der Waals surface area contributed by atoms with Crippen LogP contribution in [-0.4, -0.2) is 19.1 Å². The molecule has 76 valence electrons. The fourth-order valence-corrected chi connectivity index (χ4v) is 2.29. The molecular formula is C12H18N2. The Kier molecular flexibility index (Phi) is 2.57. The van der Waals surface area contributed by atoms with Crippen LogP contribution < -0.4 is 11.1 Å². The van der Waals surface area contributed by atoms with E-state index in [1.165, 1.54) is 16.7 Å². The van der Waals surface area contributed by atoms with E-state index >= 15 is 0 Å². The summed E-state index contributed by atoms with van der Waals surface area (Å²) in [5, 5.41) is 3.33. The Morgan fingerprint density at radius 3 is 2.29 bits per heavy atom. The highest BCUT2D eigenvalue weighted by molar-refractivity contribution is 5.32. The molecule has 2 atom stereocenters. The van der Waals surface area contributed by atoms with Gasteiger partial charge in [-0.3, -0.25) is 0 Å². The number of nitrogens with two attached hydrogens (primary N) is 1. The normalized spacial score (nSPS) is 26.8. The van der Waals surface area contributed by atoms with E-state index in [2.05, 4.69) is 37.4 Å². The number of nitrogens with one attached hydrogen (secondary N) is 1. The minimum Gasteiger partial charge on any atom is -0.326 e. The molecule has 1 saturated heterocycles. The van der Waals surface area contributed by atoms with Gasteiger partial charge in [0.15, 0.2) is 0 Å². The van der Waals surface area contributed by atoms with E-state index < -0.39 is 0 Å². The molecule has 3 N–H and O–H groups in total. The minimum atomic E-state index is 0.274. The first-order valence-electron chi connectivity index (χ1n) is 5.21. The van der Waals surface area contributed by atoms with E-state index in [0.717, 1.165) is 13.1 Å². The lowest BCUT2D eigenvalue weighted by molar-refractivity contribution is 0.652. The van der Waals surface area contributed by atoms with Gasteiger partial charge in [-0.1, -0.05) is 29.3 Å². The summed E-state index contributed by atoms with van der Waals surface area (Å²) in [5.74, 6) is 0.494. The molecule has 14 heavy (non-hydrogen) atoms. The molecule has 1 aliphatic rings. The van der Waals surface area contributed by atoms with Gasteiger partial charge in [0.2, 0.25) is 0 Å². The summed E-state index contributed by atoms with van der Waals surface area (Å²) in [6.07, 6.45) is 0. The number of rotatable bonds is 1. The van der Waals surface area contributed by atoms with E-state index in [1.807, 2.05) is 0 Å². The highest BCUT2D eigenvalue weighted by Gasteiger charge is 2.25. The van der Waals surface area contributed by atoms with E-state index in [1.54, 1.807) is 0 Å². The smallest absolute Gasteiger partial charge is 0.0247 e. The molecular weight excluding hydrogens is 172 g/mol. The number of benzene rings is 1. The molecule has 1 aromatic rings. The Morgan fingerprint density at radius 2 is 1.79 bits per heavy atom. The third kappa shape index (κ3) is 1.81. The van der Waals surface area contributed by atoms with Gasteiger partial charge in [0.25, 0.3) is 0 Å². The second kappa shape index (κ2) is 3.71. The Hall–Kier alpha value is -0.860. The van der Waals surface area contributed by atoms with Crippen LogP contribution in [0.5, 0.6) is 0 Å². The molecule has 2 nitrogen and oxygen atoms in total. The van der Waals surface area contributed by atoms with Crippen LogP contribution in [-0.2, 0) is 0 Å². The summed E-state index contributed by atoms with van der Waals surface area (Å²) in [5.41, 5.74) is 10.1. The maximum atomic E-state index is 6.05. The van der Waals surface area contributed by atoms with Crippen molar-refractivity contribution in [2.24, 2.45) is 5.73 Å². The predicted molar refractivity (Wildman–Crippen MR) is 59.5 cm³/mol. The average molecular weight is 190 g/mol. The van der Waals surface area contributed by atoms with Gasteiger partial charge in [-0.05, 0) is 19.4 Å². The topological polar surface area (TPSA) is 38.0 Å². The first kappa shape index (κ1) is 9.69. The Morgan fingerprint density at radius 1 is 1.14 bits per heavy atom. The van der Waals surface area contributed by atoms with E-state index in [0.29, 0.717) is 5.92 Å². The van der Waals surface area contributed by atoms with Crippen LogP contribution in [0.2, 0.25) is 0 Å². The Labute approximate surface area is 85.5 Å². The molecule has 0 spiro atoms. The van der Waals surface area contributed by atoms with Crippen molar-refractivity contribution in [3.63, 3.8) is 0 Å². The molecule has 0 saturated carbocycles. The summed E-state index contributed by atoms with van der Waals surface area (Å²) < 4.78 is 0. The summed E-state index contributed by atoms with van der Waals surface area (Å²) in [6.45, 7) is 6.25. The molecule has 2 unspecified atom stereocenters. The van der Waals surface area contributed by atoms with Crippen molar-refractivity contribution in [3.05, 3.63) is 34.9 Å². The Balaban J connectivity index is 2.31. The molecule has 0 radical (unpaired) electrons. The van der Waals surface area contributed by atoms with Gasteiger partial charge in [-0.15, -0.1) is 0 Å². The summed E-state index contributed by atoms with van der Waals surface area (Å²) in [7, 11) is 0. The lowest BCUT2D eigenvalue weighted by atomic mass is 9.92. The fraction of sp³-hybridized carbons (Fsp3) is 0.500. The monoisotopic (exact) mass is 190 g/mol. The van der Waals surface area contributed by atoms with Crippen molar-refractivity contribution in [1.82, 2.24) is 5.32 Å². The summed E-state index contributed by atoms with van der Waals surface area (Å²) in [6, 6.07) is 6.99. The van der Waals surface area contributed by atoms with Crippen LogP contribution in [0.25, 0.3) is 0 Å². The van der Waals surface area contributed by atoms with E-state index in [9.17, 15) is 0 Å². The molecule has 0 aromatic heterocycles. The van der Waals surface area contributed by atoms with Crippen molar-refractivity contribution in [2.75, 3.05) is 13.1 Å². The van der Waals surface area contributed by atoms with Crippen molar-refractivity contribution in [2.45, 2.75) is 25.8 Å². The molecule has 2 rings (SSSR count).